The minimum atomic E-state index is 0.217. The molecule has 4 heteroatoms. The van der Waals surface area contributed by atoms with Crippen LogP contribution in [0, 0.1) is 23.7 Å². The summed E-state index contributed by atoms with van der Waals surface area (Å²) in [5.41, 5.74) is 7.08. The molecule has 0 fully saturated rings. The molecule has 0 unspecified atom stereocenters. The van der Waals surface area contributed by atoms with E-state index in [2.05, 4.69) is 23.7 Å². The van der Waals surface area contributed by atoms with Crippen LogP contribution in [0.1, 0.15) is 44.5 Å². The van der Waals surface area contributed by atoms with E-state index in [0.717, 1.165) is 56.0 Å². The van der Waals surface area contributed by atoms with E-state index in [4.69, 9.17) is 9.47 Å². The minimum Gasteiger partial charge on any atom is -0.508 e. The summed E-state index contributed by atoms with van der Waals surface area (Å²) in [6, 6.07) is 33.4. The van der Waals surface area contributed by atoms with Gasteiger partial charge < -0.3 is 19.7 Å². The van der Waals surface area contributed by atoms with Crippen LogP contribution in [-0.4, -0.2) is 24.4 Å². The van der Waals surface area contributed by atoms with Crippen molar-refractivity contribution in [2.45, 2.75) is 0 Å². The van der Waals surface area contributed by atoms with Crippen LogP contribution < -0.4 is 9.47 Å². The van der Waals surface area contributed by atoms with Crippen molar-refractivity contribution >= 4 is 24.3 Å². The second-order valence-corrected chi connectivity index (χ2v) is 9.83. The maximum atomic E-state index is 9.70. The molecule has 0 amide bonds. The fourth-order valence-electron chi connectivity index (χ4n) is 4.30. The number of phenols is 2. The van der Waals surface area contributed by atoms with Crippen LogP contribution in [0.25, 0.3) is 24.3 Å². The summed E-state index contributed by atoms with van der Waals surface area (Å²) in [7, 11) is 3.28. The van der Waals surface area contributed by atoms with Crippen LogP contribution in [-0.2, 0) is 0 Å². The van der Waals surface area contributed by atoms with E-state index in [1.54, 1.807) is 38.5 Å². The second kappa shape index (κ2) is 14.2. The first-order chi connectivity index (χ1) is 21.5. The summed E-state index contributed by atoms with van der Waals surface area (Å²) in [4.78, 5) is 0. The molecule has 0 aromatic heterocycles. The topological polar surface area (TPSA) is 58.9 Å². The Bertz CT molecular complexity index is 1760. The average molecular weight is 575 g/mol. The highest BCUT2D eigenvalue weighted by Gasteiger charge is 2.06. The largest absolute Gasteiger partial charge is 0.508 e. The van der Waals surface area contributed by atoms with Crippen molar-refractivity contribution in [3.8, 4) is 46.7 Å². The van der Waals surface area contributed by atoms with E-state index in [1.807, 2.05) is 109 Å². The van der Waals surface area contributed by atoms with E-state index in [9.17, 15) is 10.2 Å². The maximum absolute atomic E-state index is 9.70. The van der Waals surface area contributed by atoms with Crippen LogP contribution in [0.2, 0.25) is 0 Å². The monoisotopic (exact) mass is 574 g/mol. The Labute approximate surface area is 258 Å². The number of rotatable bonds is 6. The van der Waals surface area contributed by atoms with Gasteiger partial charge in [0.25, 0.3) is 0 Å². The van der Waals surface area contributed by atoms with E-state index < -0.39 is 0 Å². The lowest BCUT2D eigenvalue weighted by atomic mass is 9.96. The van der Waals surface area contributed by atoms with E-state index in [1.165, 1.54) is 0 Å². The Kier molecular flexibility index (Phi) is 9.48. The maximum Gasteiger partial charge on any atom is 0.118 e. The number of methoxy groups -OCH3 is 2. The van der Waals surface area contributed by atoms with E-state index >= 15 is 0 Å². The quantitative estimate of drug-likeness (QED) is 0.158. The first-order valence-corrected chi connectivity index (χ1v) is 13.9. The molecule has 0 aliphatic rings. The molecule has 214 valence electrons. The van der Waals surface area contributed by atoms with Gasteiger partial charge in [0, 0.05) is 22.3 Å². The Morgan fingerprint density at radius 1 is 0.455 bits per heavy atom. The second-order valence-electron chi connectivity index (χ2n) is 9.83. The number of phenolic OH excluding ortho intramolecular Hbond substituents is 2. The van der Waals surface area contributed by atoms with Crippen molar-refractivity contribution in [2.24, 2.45) is 0 Å². The smallest absolute Gasteiger partial charge is 0.118 e. The van der Waals surface area contributed by atoms with Gasteiger partial charge in [-0.1, -0.05) is 72.3 Å². The zero-order valence-electron chi connectivity index (χ0n) is 24.4. The standard InChI is InChI=1S/C40H30O4/c1-43-39-23-11-31(12-24-39)5-17-35-27-34(16-4-30-9-21-38(42)22-10-30)36(18-6-32-13-25-40(44-2)26-14-32)28-33(35)15-3-29-7-19-37(41)20-8-29/h3-4,7-16,19-28,41-42H,1-2H3/b15-3+,16-4+. The molecule has 0 heterocycles. The van der Waals surface area contributed by atoms with Gasteiger partial charge in [-0.2, -0.15) is 0 Å². The molecule has 2 N–H and O–H groups in total. The number of hydrogen-bond acceptors (Lipinski definition) is 4. The highest BCUT2D eigenvalue weighted by Crippen LogP contribution is 2.23. The predicted octanol–water partition coefficient (Wildman–Crippen LogP) is 8.26. The van der Waals surface area contributed by atoms with Crippen molar-refractivity contribution in [2.75, 3.05) is 14.2 Å². The molecule has 0 spiro atoms. The van der Waals surface area contributed by atoms with Gasteiger partial charge in [0.1, 0.15) is 23.0 Å². The van der Waals surface area contributed by atoms with Crippen molar-refractivity contribution < 1.29 is 19.7 Å². The molecule has 0 bridgehead atoms. The molecule has 0 radical (unpaired) electrons. The van der Waals surface area contributed by atoms with Crippen molar-refractivity contribution in [1.29, 1.82) is 0 Å². The summed E-state index contributed by atoms with van der Waals surface area (Å²) >= 11 is 0. The Hall–Kier alpha value is -6.10. The van der Waals surface area contributed by atoms with Gasteiger partial charge in [-0.25, -0.2) is 0 Å². The first kappa shape index (κ1) is 29.4. The van der Waals surface area contributed by atoms with Gasteiger partial charge in [-0.05, 0) is 107 Å². The van der Waals surface area contributed by atoms with Gasteiger partial charge in [0.2, 0.25) is 0 Å². The lowest BCUT2D eigenvalue weighted by Gasteiger charge is -2.07. The Balaban J connectivity index is 1.62. The highest BCUT2D eigenvalue weighted by molar-refractivity contribution is 5.79. The van der Waals surface area contributed by atoms with Crippen LogP contribution in [0.15, 0.2) is 109 Å². The molecule has 0 atom stereocenters. The Morgan fingerprint density at radius 3 is 1.16 bits per heavy atom. The molecule has 44 heavy (non-hydrogen) atoms. The number of aromatic hydroxyl groups is 2. The summed E-state index contributed by atoms with van der Waals surface area (Å²) in [6.07, 6.45) is 7.99. The first-order valence-electron chi connectivity index (χ1n) is 13.9. The summed E-state index contributed by atoms with van der Waals surface area (Å²) in [5, 5.41) is 19.4. The predicted molar refractivity (Wildman–Crippen MR) is 178 cm³/mol. The third-order valence-electron chi connectivity index (χ3n) is 6.78. The van der Waals surface area contributed by atoms with E-state index in [-0.39, 0.29) is 11.5 Å². The van der Waals surface area contributed by atoms with Gasteiger partial charge in [0.15, 0.2) is 0 Å². The number of ether oxygens (including phenoxy) is 2. The lowest BCUT2D eigenvalue weighted by Crippen LogP contribution is -1.91. The molecule has 0 saturated heterocycles. The zero-order valence-corrected chi connectivity index (χ0v) is 24.4. The third kappa shape index (κ3) is 8.01. The molecule has 0 saturated carbocycles. The van der Waals surface area contributed by atoms with E-state index in [0.29, 0.717) is 0 Å². The molecule has 5 rings (SSSR count). The third-order valence-corrected chi connectivity index (χ3v) is 6.78. The van der Waals surface area contributed by atoms with Gasteiger partial charge in [0.05, 0.1) is 14.2 Å². The minimum absolute atomic E-state index is 0.217. The molecular formula is C40H30O4. The highest BCUT2D eigenvalue weighted by atomic mass is 16.5. The molecule has 5 aromatic carbocycles. The fourth-order valence-corrected chi connectivity index (χ4v) is 4.30. The molecule has 5 aromatic rings. The van der Waals surface area contributed by atoms with Crippen LogP contribution >= 0.6 is 0 Å². The van der Waals surface area contributed by atoms with Gasteiger partial charge in [-0.3, -0.25) is 0 Å². The summed E-state index contributed by atoms with van der Waals surface area (Å²) in [5.74, 6) is 15.3. The van der Waals surface area contributed by atoms with Crippen molar-refractivity contribution in [1.82, 2.24) is 0 Å². The SMILES string of the molecule is COc1ccc(C#Cc2cc(/C=C/c3ccc(O)cc3)c(C#Cc3ccc(OC)cc3)cc2/C=C/c2ccc(O)cc2)cc1. The average Bonchev–Trinajstić information content (AvgIpc) is 3.06. The Morgan fingerprint density at radius 2 is 0.818 bits per heavy atom. The zero-order chi connectivity index (χ0) is 30.7. The van der Waals surface area contributed by atoms with Crippen LogP contribution in [0.4, 0.5) is 0 Å². The molecule has 0 aliphatic heterocycles. The summed E-state index contributed by atoms with van der Waals surface area (Å²) < 4.78 is 10.6. The molecule has 4 nitrogen and oxygen atoms in total. The number of hydrogen-bond donors (Lipinski definition) is 2. The summed E-state index contributed by atoms with van der Waals surface area (Å²) in [6.45, 7) is 0. The van der Waals surface area contributed by atoms with Gasteiger partial charge in [-0.15, -0.1) is 0 Å². The number of benzene rings is 5. The van der Waals surface area contributed by atoms with Crippen molar-refractivity contribution in [3.63, 3.8) is 0 Å². The lowest BCUT2D eigenvalue weighted by molar-refractivity contribution is 0.414. The van der Waals surface area contributed by atoms with Crippen LogP contribution in [0.3, 0.4) is 0 Å². The van der Waals surface area contributed by atoms with Gasteiger partial charge >= 0.3 is 0 Å². The molecule has 0 aliphatic carbocycles. The fraction of sp³-hybridized carbons (Fsp3) is 0.0500. The van der Waals surface area contributed by atoms with Crippen LogP contribution in [0.5, 0.6) is 23.0 Å². The molecular weight excluding hydrogens is 544 g/mol. The van der Waals surface area contributed by atoms with Crippen molar-refractivity contribution in [3.05, 3.63) is 154 Å². The normalized spacial score (nSPS) is 10.6.